The van der Waals surface area contributed by atoms with E-state index in [1.54, 1.807) is 27.4 Å². The first-order valence-corrected chi connectivity index (χ1v) is 16.3. The summed E-state index contributed by atoms with van der Waals surface area (Å²) in [4.78, 5) is 0.00896. The van der Waals surface area contributed by atoms with Crippen LogP contribution in [0.1, 0.15) is 69.3 Å². The van der Waals surface area contributed by atoms with Crippen LogP contribution in [-0.2, 0) is 14.6 Å². The van der Waals surface area contributed by atoms with E-state index in [-0.39, 0.29) is 22.9 Å². The highest BCUT2D eigenvalue weighted by Gasteiger charge is 2.33. The summed E-state index contributed by atoms with van der Waals surface area (Å²) < 4.78 is 61.8. The average molecular weight is 646 g/mol. The second-order valence-corrected chi connectivity index (χ2v) is 12.5. The quantitative estimate of drug-likeness (QED) is 0.179. The van der Waals surface area contributed by atoms with Crippen molar-refractivity contribution in [2.24, 2.45) is 0 Å². The molecule has 0 bridgehead atoms. The van der Waals surface area contributed by atoms with E-state index >= 15 is 0 Å². The summed E-state index contributed by atoms with van der Waals surface area (Å²) in [5.41, 5.74) is 1.55. The molecule has 0 aliphatic carbocycles. The monoisotopic (exact) mass is 644 g/mol. The number of sulfone groups is 1. The molecule has 40 heavy (non-hydrogen) atoms. The van der Waals surface area contributed by atoms with Crippen molar-refractivity contribution in [3.63, 3.8) is 0 Å². The first kappa shape index (κ1) is 32.3. The molecular formula is C29H41BrO9S. The van der Waals surface area contributed by atoms with Gasteiger partial charge in [0.15, 0.2) is 32.8 Å². The number of alkyl halides is 1. The number of aliphatic hydroxyl groups is 1. The lowest BCUT2D eigenvalue weighted by atomic mass is 10.0. The van der Waals surface area contributed by atoms with Gasteiger partial charge in [0.2, 0.25) is 5.75 Å². The molecule has 1 N–H and O–H groups in total. The van der Waals surface area contributed by atoms with Crippen molar-refractivity contribution in [2.45, 2.75) is 69.2 Å². The van der Waals surface area contributed by atoms with E-state index < -0.39 is 21.7 Å². The van der Waals surface area contributed by atoms with Gasteiger partial charge in [-0.25, -0.2) is 8.42 Å². The molecule has 3 rings (SSSR count). The number of rotatable bonds is 16. The molecule has 0 aromatic heterocycles. The molecule has 224 valence electrons. The summed E-state index contributed by atoms with van der Waals surface area (Å²) in [6, 6.07) is 7.17. The van der Waals surface area contributed by atoms with Crippen molar-refractivity contribution < 1.29 is 41.9 Å². The summed E-state index contributed by atoms with van der Waals surface area (Å²) in [5, 5.41) is 10.8. The molecule has 1 unspecified atom stereocenters. The largest absolute Gasteiger partial charge is 0.493 e. The summed E-state index contributed by atoms with van der Waals surface area (Å²) in [5.74, 6) is 1.69. The number of hydrogen-bond acceptors (Lipinski definition) is 9. The predicted octanol–water partition coefficient (Wildman–Crippen LogP) is 5.80. The molecule has 3 atom stereocenters. The minimum Gasteiger partial charge on any atom is -0.493 e. The van der Waals surface area contributed by atoms with Crippen LogP contribution in [0.3, 0.4) is 0 Å². The van der Waals surface area contributed by atoms with Gasteiger partial charge >= 0.3 is 0 Å². The number of benzene rings is 2. The van der Waals surface area contributed by atoms with E-state index in [0.29, 0.717) is 61.0 Å². The van der Waals surface area contributed by atoms with Gasteiger partial charge in [0.05, 0.1) is 58.6 Å². The molecule has 1 fully saturated rings. The summed E-state index contributed by atoms with van der Waals surface area (Å²) >= 11 is 3.43. The van der Waals surface area contributed by atoms with Crippen LogP contribution >= 0.6 is 15.9 Å². The number of hydrogen-bond donors (Lipinski definition) is 1. The molecule has 0 radical (unpaired) electrons. The Morgan fingerprint density at radius 2 is 1.50 bits per heavy atom. The maximum atomic E-state index is 13.4. The Kier molecular flexibility index (Phi) is 12.2. The highest BCUT2D eigenvalue weighted by atomic mass is 79.9. The molecule has 2 aromatic rings. The van der Waals surface area contributed by atoms with Crippen molar-refractivity contribution in [1.29, 1.82) is 0 Å². The average Bonchev–Trinajstić information content (AvgIpc) is 3.43. The number of ether oxygens (including phenoxy) is 6. The molecule has 2 aromatic carbocycles. The highest BCUT2D eigenvalue weighted by Crippen LogP contribution is 2.48. The van der Waals surface area contributed by atoms with Crippen molar-refractivity contribution in [2.75, 3.05) is 45.6 Å². The second kappa shape index (κ2) is 15.1. The van der Waals surface area contributed by atoms with Crippen LogP contribution in [0.5, 0.6) is 28.7 Å². The lowest BCUT2D eigenvalue weighted by Gasteiger charge is -2.21. The number of aliphatic hydroxyl groups excluding tert-OH is 1. The number of halogens is 1. The standard InChI is InChI=1S/C29H41BrO9S/c1-6-12-38-29-26(37-13-8-7-11-30)16-21(17-27(29)40(32,33)18-19(2)31)23-10-9-22(39-23)20-14-24(34-3)28(36-5)25(15-20)35-4/h14-17,19,22-23,31H,6-13,18H2,1-5H3/t19?,22-,23-/m0/s1. The molecule has 1 aliphatic heterocycles. The van der Waals surface area contributed by atoms with E-state index in [4.69, 9.17) is 28.4 Å². The lowest BCUT2D eigenvalue weighted by molar-refractivity contribution is 0.0434. The third-order valence-corrected chi connectivity index (χ3v) is 8.98. The van der Waals surface area contributed by atoms with Gasteiger partial charge in [-0.2, -0.15) is 0 Å². The predicted molar refractivity (Wildman–Crippen MR) is 156 cm³/mol. The van der Waals surface area contributed by atoms with Crippen LogP contribution < -0.4 is 23.7 Å². The van der Waals surface area contributed by atoms with Crippen molar-refractivity contribution in [3.8, 4) is 28.7 Å². The Morgan fingerprint density at radius 1 is 0.900 bits per heavy atom. The zero-order valence-corrected chi connectivity index (χ0v) is 26.3. The first-order chi connectivity index (χ1) is 19.2. The fourth-order valence-electron chi connectivity index (χ4n) is 4.67. The number of methoxy groups -OCH3 is 3. The molecule has 0 spiro atoms. The van der Waals surface area contributed by atoms with Gasteiger partial charge in [-0.3, -0.25) is 0 Å². The zero-order chi connectivity index (χ0) is 29.3. The molecular weight excluding hydrogens is 604 g/mol. The van der Waals surface area contributed by atoms with Crippen LogP contribution in [0, 0.1) is 0 Å². The fourth-order valence-corrected chi connectivity index (χ4v) is 6.64. The fraction of sp³-hybridized carbons (Fsp3) is 0.586. The minimum atomic E-state index is -3.89. The van der Waals surface area contributed by atoms with Crippen LogP contribution in [0.2, 0.25) is 0 Å². The van der Waals surface area contributed by atoms with Gasteiger partial charge in [0.1, 0.15) is 4.90 Å². The highest BCUT2D eigenvalue weighted by molar-refractivity contribution is 9.09. The van der Waals surface area contributed by atoms with E-state index in [9.17, 15) is 13.5 Å². The van der Waals surface area contributed by atoms with Crippen LogP contribution in [0.15, 0.2) is 29.2 Å². The van der Waals surface area contributed by atoms with Gasteiger partial charge in [-0.05, 0) is 74.4 Å². The third kappa shape index (κ3) is 7.96. The van der Waals surface area contributed by atoms with Gasteiger partial charge in [0, 0.05) is 5.33 Å². The minimum absolute atomic E-state index is 0.00896. The summed E-state index contributed by atoms with van der Waals surface area (Å²) in [6.45, 7) is 4.14. The molecule has 0 saturated carbocycles. The summed E-state index contributed by atoms with van der Waals surface area (Å²) in [6.07, 6.45) is 2.09. The number of unbranched alkanes of at least 4 members (excludes halogenated alkanes) is 1. The smallest absolute Gasteiger partial charge is 0.203 e. The maximum absolute atomic E-state index is 13.4. The lowest BCUT2D eigenvalue weighted by Crippen LogP contribution is -2.19. The van der Waals surface area contributed by atoms with Gasteiger partial charge < -0.3 is 33.5 Å². The Labute approximate surface area is 246 Å². The molecule has 1 heterocycles. The molecule has 1 saturated heterocycles. The zero-order valence-electron chi connectivity index (χ0n) is 23.9. The molecule has 1 aliphatic rings. The van der Waals surface area contributed by atoms with E-state index in [0.717, 1.165) is 23.7 Å². The molecule has 11 heteroatoms. The Balaban J connectivity index is 2.02. The second-order valence-electron chi connectivity index (χ2n) is 9.72. The SMILES string of the molecule is CCCOc1c(OCCCCBr)cc([C@@H]2CC[C@@H](c3cc(OC)c(OC)c(OC)c3)O2)cc1S(=O)(=O)CC(C)O. The Bertz CT molecular complexity index is 1190. The molecule has 9 nitrogen and oxygen atoms in total. The van der Waals surface area contributed by atoms with E-state index in [1.165, 1.54) is 6.92 Å². The van der Waals surface area contributed by atoms with E-state index in [2.05, 4.69) is 15.9 Å². The first-order valence-electron chi connectivity index (χ1n) is 13.5. The van der Waals surface area contributed by atoms with Gasteiger partial charge in [0.25, 0.3) is 0 Å². The van der Waals surface area contributed by atoms with E-state index in [1.807, 2.05) is 25.1 Å². The van der Waals surface area contributed by atoms with Gasteiger partial charge in [-0.15, -0.1) is 0 Å². The van der Waals surface area contributed by atoms with Crippen molar-refractivity contribution in [1.82, 2.24) is 0 Å². The normalized spacial score (nSPS) is 17.9. The van der Waals surface area contributed by atoms with Crippen molar-refractivity contribution >= 4 is 25.8 Å². The Hall–Kier alpha value is -2.21. The van der Waals surface area contributed by atoms with Crippen LogP contribution in [-0.4, -0.2) is 65.3 Å². The maximum Gasteiger partial charge on any atom is 0.203 e. The molecule has 0 amide bonds. The van der Waals surface area contributed by atoms with Crippen LogP contribution in [0.25, 0.3) is 0 Å². The third-order valence-electron chi connectivity index (χ3n) is 6.53. The van der Waals surface area contributed by atoms with Crippen LogP contribution in [0.4, 0.5) is 0 Å². The topological polar surface area (TPSA) is 110 Å². The Morgan fingerprint density at radius 3 is 2.02 bits per heavy atom. The van der Waals surface area contributed by atoms with Gasteiger partial charge in [-0.1, -0.05) is 22.9 Å². The summed E-state index contributed by atoms with van der Waals surface area (Å²) in [7, 11) is 0.799. The van der Waals surface area contributed by atoms with Crippen molar-refractivity contribution in [3.05, 3.63) is 35.4 Å².